The monoisotopic (exact) mass is 250 g/mol. The fourth-order valence-electron chi connectivity index (χ4n) is 2.83. The summed E-state index contributed by atoms with van der Waals surface area (Å²) >= 11 is 0. The molecule has 18 heavy (non-hydrogen) atoms. The van der Waals surface area contributed by atoms with Crippen LogP contribution in [-0.4, -0.2) is 14.8 Å². The highest BCUT2D eigenvalue weighted by atomic mass is 15.3. The fraction of sp³-hybridized carbons (Fsp3) is 0.857. The van der Waals surface area contributed by atoms with Gasteiger partial charge in [-0.3, -0.25) is 4.68 Å². The first-order valence-corrected chi connectivity index (χ1v) is 7.38. The second-order valence-corrected chi connectivity index (χ2v) is 5.54. The van der Waals surface area contributed by atoms with Gasteiger partial charge in [0.2, 0.25) is 0 Å². The zero-order chi connectivity index (χ0) is 13.0. The van der Waals surface area contributed by atoms with E-state index in [-0.39, 0.29) is 6.04 Å². The Morgan fingerprint density at radius 1 is 1.33 bits per heavy atom. The molecule has 1 aliphatic rings. The quantitative estimate of drug-likeness (QED) is 0.873. The number of aromatic nitrogens is 3. The summed E-state index contributed by atoms with van der Waals surface area (Å²) in [4.78, 5) is 4.71. The van der Waals surface area contributed by atoms with Crippen LogP contribution in [0.25, 0.3) is 0 Å². The predicted octanol–water partition coefficient (Wildman–Crippen LogP) is 3.05. The number of hydrogen-bond acceptors (Lipinski definition) is 3. The van der Waals surface area contributed by atoms with Crippen LogP contribution < -0.4 is 5.73 Å². The van der Waals surface area contributed by atoms with E-state index in [1.165, 1.54) is 38.5 Å². The molecule has 4 nitrogen and oxygen atoms in total. The largest absolute Gasteiger partial charge is 0.321 e. The maximum absolute atomic E-state index is 6.20. The molecule has 2 N–H and O–H groups in total. The topological polar surface area (TPSA) is 56.7 Å². The van der Waals surface area contributed by atoms with Crippen LogP contribution in [0.15, 0.2) is 0 Å². The van der Waals surface area contributed by atoms with Gasteiger partial charge in [-0.1, -0.05) is 39.0 Å². The van der Waals surface area contributed by atoms with Crippen molar-refractivity contribution in [1.29, 1.82) is 0 Å². The van der Waals surface area contributed by atoms with Crippen molar-refractivity contribution in [3.05, 3.63) is 11.6 Å². The molecule has 0 aliphatic heterocycles. The van der Waals surface area contributed by atoms with Crippen LogP contribution in [0.1, 0.15) is 81.9 Å². The number of unbranched alkanes of at least 4 members (excludes halogenated alkanes) is 1. The van der Waals surface area contributed by atoms with Gasteiger partial charge in [-0.25, -0.2) is 4.98 Å². The number of nitrogens with two attached hydrogens (primary N) is 1. The molecule has 0 amide bonds. The number of hydrogen-bond donors (Lipinski definition) is 1. The van der Waals surface area contributed by atoms with Crippen LogP contribution in [0.3, 0.4) is 0 Å². The van der Waals surface area contributed by atoms with E-state index in [0.717, 1.165) is 24.5 Å². The van der Waals surface area contributed by atoms with Gasteiger partial charge in [-0.2, -0.15) is 5.10 Å². The van der Waals surface area contributed by atoms with Crippen molar-refractivity contribution in [2.45, 2.75) is 70.3 Å². The summed E-state index contributed by atoms with van der Waals surface area (Å²) in [6.45, 7) is 2.19. The highest BCUT2D eigenvalue weighted by Gasteiger charge is 2.22. The lowest BCUT2D eigenvalue weighted by Gasteiger charge is -2.18. The summed E-state index contributed by atoms with van der Waals surface area (Å²) in [6, 6.07) is 0.0415. The molecular formula is C14H26N4. The maximum atomic E-state index is 6.20. The predicted molar refractivity (Wildman–Crippen MR) is 73.3 cm³/mol. The molecule has 4 heteroatoms. The van der Waals surface area contributed by atoms with Crippen LogP contribution >= 0.6 is 0 Å². The minimum Gasteiger partial charge on any atom is -0.321 e. The van der Waals surface area contributed by atoms with Crippen molar-refractivity contribution in [3.63, 3.8) is 0 Å². The van der Waals surface area contributed by atoms with E-state index in [2.05, 4.69) is 12.0 Å². The minimum absolute atomic E-state index is 0.0415. The van der Waals surface area contributed by atoms with Gasteiger partial charge in [0.15, 0.2) is 5.82 Å². The molecule has 0 bridgehead atoms. The number of nitrogens with zero attached hydrogens (tertiary/aromatic N) is 3. The van der Waals surface area contributed by atoms with Crippen LogP contribution in [0.2, 0.25) is 0 Å². The number of aryl methyl sites for hydroxylation is 1. The Hall–Kier alpha value is -0.900. The second-order valence-electron chi connectivity index (χ2n) is 5.54. The molecule has 1 aromatic heterocycles. The van der Waals surface area contributed by atoms with Gasteiger partial charge >= 0.3 is 0 Å². The Bertz CT molecular complexity index is 366. The lowest BCUT2D eigenvalue weighted by Crippen LogP contribution is -2.15. The molecule has 1 atom stereocenters. The van der Waals surface area contributed by atoms with Crippen LogP contribution in [0, 0.1) is 0 Å². The zero-order valence-electron chi connectivity index (χ0n) is 11.7. The Labute approximate surface area is 110 Å². The summed E-state index contributed by atoms with van der Waals surface area (Å²) in [5.41, 5.74) is 6.20. The Morgan fingerprint density at radius 3 is 2.72 bits per heavy atom. The molecule has 1 aromatic rings. The Balaban J connectivity index is 2.05. The third-order valence-corrected chi connectivity index (χ3v) is 3.98. The smallest absolute Gasteiger partial charge is 0.154 e. The van der Waals surface area contributed by atoms with E-state index in [1.807, 2.05) is 11.7 Å². The molecular weight excluding hydrogens is 224 g/mol. The van der Waals surface area contributed by atoms with E-state index in [0.29, 0.717) is 5.92 Å². The van der Waals surface area contributed by atoms with Crippen LogP contribution in [-0.2, 0) is 7.05 Å². The Morgan fingerprint density at radius 2 is 2.06 bits per heavy atom. The highest BCUT2D eigenvalue weighted by Crippen LogP contribution is 2.31. The average Bonchev–Trinajstić information content (AvgIpc) is 2.79. The van der Waals surface area contributed by atoms with E-state index in [9.17, 15) is 0 Å². The van der Waals surface area contributed by atoms with Gasteiger partial charge in [-0.05, 0) is 19.3 Å². The van der Waals surface area contributed by atoms with Gasteiger partial charge in [0.1, 0.15) is 5.82 Å². The molecule has 1 fully saturated rings. The van der Waals surface area contributed by atoms with Gasteiger partial charge in [0.25, 0.3) is 0 Å². The molecule has 0 spiro atoms. The lowest BCUT2D eigenvalue weighted by atomic mass is 9.89. The standard InChI is InChI=1S/C14H26N4/c1-3-4-10-12(15)14-16-13(17-18(14)2)11-8-6-5-7-9-11/h11-12H,3-10,15H2,1-2H3. The molecule has 1 unspecified atom stereocenters. The molecule has 2 rings (SSSR count). The Kier molecular flexibility index (Phi) is 4.75. The number of rotatable bonds is 5. The minimum atomic E-state index is 0.0415. The van der Waals surface area contributed by atoms with Gasteiger partial charge in [0.05, 0.1) is 6.04 Å². The molecule has 1 heterocycles. The summed E-state index contributed by atoms with van der Waals surface area (Å²) in [5, 5.41) is 4.59. The van der Waals surface area contributed by atoms with Crippen molar-refractivity contribution in [3.8, 4) is 0 Å². The molecule has 0 aromatic carbocycles. The first-order chi connectivity index (χ1) is 8.72. The zero-order valence-corrected chi connectivity index (χ0v) is 11.7. The molecule has 1 aliphatic carbocycles. The van der Waals surface area contributed by atoms with E-state index >= 15 is 0 Å². The highest BCUT2D eigenvalue weighted by molar-refractivity contribution is 5.03. The SMILES string of the molecule is CCCCC(N)c1nc(C2CCCCC2)nn1C. The summed E-state index contributed by atoms with van der Waals surface area (Å²) in [5.74, 6) is 2.56. The first kappa shape index (κ1) is 13.5. The van der Waals surface area contributed by atoms with E-state index < -0.39 is 0 Å². The van der Waals surface area contributed by atoms with Crippen molar-refractivity contribution >= 4 is 0 Å². The van der Waals surface area contributed by atoms with Crippen molar-refractivity contribution in [1.82, 2.24) is 14.8 Å². The average molecular weight is 250 g/mol. The lowest BCUT2D eigenvalue weighted by molar-refractivity contribution is 0.427. The van der Waals surface area contributed by atoms with Crippen molar-refractivity contribution < 1.29 is 0 Å². The molecule has 0 saturated heterocycles. The first-order valence-electron chi connectivity index (χ1n) is 7.38. The van der Waals surface area contributed by atoms with Crippen LogP contribution in [0.4, 0.5) is 0 Å². The van der Waals surface area contributed by atoms with Gasteiger partial charge < -0.3 is 5.73 Å². The van der Waals surface area contributed by atoms with E-state index in [4.69, 9.17) is 10.7 Å². The molecule has 102 valence electrons. The molecule has 0 radical (unpaired) electrons. The second kappa shape index (κ2) is 6.32. The fourth-order valence-corrected chi connectivity index (χ4v) is 2.83. The molecule has 1 saturated carbocycles. The van der Waals surface area contributed by atoms with Gasteiger partial charge in [0, 0.05) is 13.0 Å². The van der Waals surface area contributed by atoms with E-state index in [1.54, 1.807) is 0 Å². The van der Waals surface area contributed by atoms with Gasteiger partial charge in [-0.15, -0.1) is 0 Å². The van der Waals surface area contributed by atoms with Crippen molar-refractivity contribution in [2.24, 2.45) is 12.8 Å². The maximum Gasteiger partial charge on any atom is 0.154 e. The summed E-state index contributed by atoms with van der Waals surface area (Å²) in [7, 11) is 1.97. The third-order valence-electron chi connectivity index (χ3n) is 3.98. The van der Waals surface area contributed by atoms with Crippen molar-refractivity contribution in [2.75, 3.05) is 0 Å². The third kappa shape index (κ3) is 3.10. The van der Waals surface area contributed by atoms with Crippen LogP contribution in [0.5, 0.6) is 0 Å². The normalized spacial score (nSPS) is 19.1. The summed E-state index contributed by atoms with van der Waals surface area (Å²) < 4.78 is 1.89. The summed E-state index contributed by atoms with van der Waals surface area (Å²) in [6.07, 6.45) is 9.84.